The molecule has 0 aromatic carbocycles. The number of carbonyl (C=O) groups excluding carboxylic acids is 1. The molecule has 0 amide bonds. The minimum Gasteiger partial charge on any atom is -0.496 e. The molecular formula is C10H14O3S. The van der Waals surface area contributed by atoms with Gasteiger partial charge in [-0.1, -0.05) is 0 Å². The molecule has 14 heavy (non-hydrogen) atoms. The lowest BCUT2D eigenvalue weighted by Gasteiger charge is -2.02. The van der Waals surface area contributed by atoms with Gasteiger partial charge in [-0.3, -0.25) is 4.79 Å². The quantitative estimate of drug-likeness (QED) is 0.705. The van der Waals surface area contributed by atoms with Gasteiger partial charge in [0.25, 0.3) is 0 Å². The molecule has 0 aliphatic heterocycles. The Hall–Kier alpha value is -1.03. The average molecular weight is 214 g/mol. The molecule has 78 valence electrons. The summed E-state index contributed by atoms with van der Waals surface area (Å²) in [6.45, 7) is 2.25. The van der Waals surface area contributed by atoms with Gasteiger partial charge in [-0.2, -0.15) is 0 Å². The van der Waals surface area contributed by atoms with Gasteiger partial charge in [0.1, 0.15) is 5.75 Å². The minimum absolute atomic E-state index is 0.150. The summed E-state index contributed by atoms with van der Waals surface area (Å²) in [6.07, 6.45) is 1.12. The lowest BCUT2D eigenvalue weighted by Crippen LogP contribution is -2.04. The first-order chi connectivity index (χ1) is 6.77. The van der Waals surface area contributed by atoms with Crippen LogP contribution in [0.25, 0.3) is 0 Å². The van der Waals surface area contributed by atoms with Gasteiger partial charge in [0, 0.05) is 4.88 Å². The Balaban J connectivity index is 2.41. The summed E-state index contributed by atoms with van der Waals surface area (Å²) in [4.78, 5) is 12.2. The summed E-state index contributed by atoms with van der Waals surface area (Å²) in [5, 5.41) is 1.96. The number of thiophene rings is 1. The molecule has 0 spiro atoms. The van der Waals surface area contributed by atoms with Crippen molar-refractivity contribution < 1.29 is 14.3 Å². The van der Waals surface area contributed by atoms with E-state index in [4.69, 9.17) is 9.47 Å². The van der Waals surface area contributed by atoms with E-state index in [1.807, 2.05) is 18.4 Å². The number of hydrogen-bond donors (Lipinski definition) is 0. The summed E-state index contributed by atoms with van der Waals surface area (Å²) >= 11 is 1.60. The second-order valence-electron chi connectivity index (χ2n) is 2.72. The topological polar surface area (TPSA) is 35.5 Å². The Labute approximate surface area is 87.7 Å². The fourth-order valence-corrected chi connectivity index (χ4v) is 1.99. The number of carbonyl (C=O) groups is 1. The zero-order valence-corrected chi connectivity index (χ0v) is 9.23. The molecule has 0 aliphatic carbocycles. The van der Waals surface area contributed by atoms with Crippen molar-refractivity contribution in [3.05, 3.63) is 16.3 Å². The fourth-order valence-electron chi connectivity index (χ4n) is 1.14. The molecule has 0 saturated carbocycles. The van der Waals surface area contributed by atoms with E-state index < -0.39 is 0 Å². The van der Waals surface area contributed by atoms with Crippen LogP contribution in [-0.2, 0) is 16.0 Å². The van der Waals surface area contributed by atoms with Crippen LogP contribution in [0.5, 0.6) is 5.75 Å². The summed E-state index contributed by atoms with van der Waals surface area (Å²) in [5.41, 5.74) is 0. The standard InChI is InChI=1S/C10H14O3S/c1-3-13-10(11)5-4-9-8(12-2)6-7-14-9/h6-7H,3-5H2,1-2H3. The first kappa shape index (κ1) is 11.0. The molecule has 0 bridgehead atoms. The molecule has 0 N–H and O–H groups in total. The predicted molar refractivity (Wildman–Crippen MR) is 55.8 cm³/mol. The molecular weight excluding hydrogens is 200 g/mol. The molecule has 4 heteroatoms. The first-order valence-electron chi connectivity index (χ1n) is 4.54. The Morgan fingerprint density at radius 1 is 1.57 bits per heavy atom. The van der Waals surface area contributed by atoms with Crippen LogP contribution in [0.3, 0.4) is 0 Å². The van der Waals surface area contributed by atoms with Crippen LogP contribution in [0.1, 0.15) is 18.2 Å². The highest BCUT2D eigenvalue weighted by Gasteiger charge is 2.07. The molecule has 1 aromatic rings. The number of hydrogen-bond acceptors (Lipinski definition) is 4. The van der Waals surface area contributed by atoms with Crippen molar-refractivity contribution in [2.45, 2.75) is 19.8 Å². The maximum atomic E-state index is 11.1. The van der Waals surface area contributed by atoms with E-state index in [0.29, 0.717) is 19.4 Å². The van der Waals surface area contributed by atoms with Crippen molar-refractivity contribution in [2.75, 3.05) is 13.7 Å². The number of ether oxygens (including phenoxy) is 2. The van der Waals surface area contributed by atoms with Crippen LogP contribution in [-0.4, -0.2) is 19.7 Å². The molecule has 1 heterocycles. The summed E-state index contributed by atoms with van der Waals surface area (Å²) in [6, 6.07) is 1.91. The van der Waals surface area contributed by atoms with Gasteiger partial charge in [0.15, 0.2) is 0 Å². The van der Waals surface area contributed by atoms with Crippen molar-refractivity contribution in [1.82, 2.24) is 0 Å². The van der Waals surface area contributed by atoms with E-state index in [1.165, 1.54) is 0 Å². The second kappa shape index (κ2) is 5.65. The lowest BCUT2D eigenvalue weighted by molar-refractivity contribution is -0.143. The Morgan fingerprint density at radius 3 is 3.00 bits per heavy atom. The third kappa shape index (κ3) is 3.03. The zero-order chi connectivity index (χ0) is 10.4. The summed E-state index contributed by atoms with van der Waals surface area (Å²) in [7, 11) is 1.63. The van der Waals surface area contributed by atoms with Crippen LogP contribution in [0, 0.1) is 0 Å². The molecule has 0 saturated heterocycles. The van der Waals surface area contributed by atoms with Crippen LogP contribution in [0.4, 0.5) is 0 Å². The third-order valence-corrected chi connectivity index (χ3v) is 2.75. The molecule has 0 atom stereocenters. The monoisotopic (exact) mass is 214 g/mol. The summed E-state index contributed by atoms with van der Waals surface area (Å²) < 4.78 is 9.97. The van der Waals surface area contributed by atoms with Crippen molar-refractivity contribution in [2.24, 2.45) is 0 Å². The minimum atomic E-state index is -0.150. The lowest BCUT2D eigenvalue weighted by atomic mass is 10.2. The predicted octanol–water partition coefficient (Wildman–Crippen LogP) is 2.25. The highest BCUT2D eigenvalue weighted by Crippen LogP contribution is 2.25. The van der Waals surface area contributed by atoms with E-state index in [2.05, 4.69) is 0 Å². The first-order valence-corrected chi connectivity index (χ1v) is 5.41. The van der Waals surface area contributed by atoms with Crippen molar-refractivity contribution >= 4 is 17.3 Å². The molecule has 1 rings (SSSR count). The van der Waals surface area contributed by atoms with Crippen LogP contribution < -0.4 is 4.74 Å². The third-order valence-electron chi connectivity index (χ3n) is 1.79. The highest BCUT2D eigenvalue weighted by atomic mass is 32.1. The highest BCUT2D eigenvalue weighted by molar-refractivity contribution is 7.10. The maximum Gasteiger partial charge on any atom is 0.306 e. The smallest absolute Gasteiger partial charge is 0.306 e. The molecule has 0 radical (unpaired) electrons. The Kier molecular flexibility index (Phi) is 4.46. The largest absolute Gasteiger partial charge is 0.496 e. The molecule has 0 aliphatic rings. The van der Waals surface area contributed by atoms with E-state index in [9.17, 15) is 4.79 Å². The fraction of sp³-hybridized carbons (Fsp3) is 0.500. The van der Waals surface area contributed by atoms with Crippen molar-refractivity contribution in [1.29, 1.82) is 0 Å². The number of methoxy groups -OCH3 is 1. The van der Waals surface area contributed by atoms with Gasteiger partial charge in [0.05, 0.1) is 20.1 Å². The van der Waals surface area contributed by atoms with E-state index in [-0.39, 0.29) is 5.97 Å². The van der Waals surface area contributed by atoms with Crippen LogP contribution in [0.2, 0.25) is 0 Å². The number of rotatable bonds is 5. The van der Waals surface area contributed by atoms with E-state index in [1.54, 1.807) is 18.4 Å². The van der Waals surface area contributed by atoms with Crippen molar-refractivity contribution in [3.63, 3.8) is 0 Å². The Bertz CT molecular complexity index is 293. The van der Waals surface area contributed by atoms with E-state index in [0.717, 1.165) is 10.6 Å². The number of esters is 1. The van der Waals surface area contributed by atoms with Gasteiger partial charge >= 0.3 is 5.97 Å². The van der Waals surface area contributed by atoms with Gasteiger partial charge in [-0.05, 0) is 24.8 Å². The van der Waals surface area contributed by atoms with Gasteiger partial charge in [-0.15, -0.1) is 11.3 Å². The molecule has 3 nitrogen and oxygen atoms in total. The molecule has 0 unspecified atom stereocenters. The van der Waals surface area contributed by atoms with Crippen molar-refractivity contribution in [3.8, 4) is 5.75 Å². The van der Waals surface area contributed by atoms with Crippen LogP contribution >= 0.6 is 11.3 Å². The summed E-state index contributed by atoms with van der Waals surface area (Å²) in [5.74, 6) is 0.710. The molecule has 0 fully saturated rings. The maximum absolute atomic E-state index is 11.1. The van der Waals surface area contributed by atoms with Gasteiger partial charge in [0.2, 0.25) is 0 Å². The normalized spacial score (nSPS) is 9.86. The molecule has 1 aromatic heterocycles. The Morgan fingerprint density at radius 2 is 2.36 bits per heavy atom. The number of aryl methyl sites for hydroxylation is 1. The SMILES string of the molecule is CCOC(=O)CCc1sccc1OC. The second-order valence-corrected chi connectivity index (χ2v) is 3.72. The van der Waals surface area contributed by atoms with Gasteiger partial charge < -0.3 is 9.47 Å². The zero-order valence-electron chi connectivity index (χ0n) is 8.41. The van der Waals surface area contributed by atoms with Crippen LogP contribution in [0.15, 0.2) is 11.4 Å². The average Bonchev–Trinajstić information content (AvgIpc) is 2.62. The van der Waals surface area contributed by atoms with E-state index >= 15 is 0 Å². The van der Waals surface area contributed by atoms with Gasteiger partial charge in [-0.25, -0.2) is 0 Å².